The standard InChI is InChI=1S/C8H18O3/c1-7(10)4-6-11-8(2)3-5-9/h7-10H,3-6H2,1-2H3/t7-,8-/m0/s1. The summed E-state index contributed by atoms with van der Waals surface area (Å²) < 4.78 is 5.27. The predicted octanol–water partition coefficient (Wildman–Crippen LogP) is 0.545. The highest BCUT2D eigenvalue weighted by Crippen LogP contribution is 1.98. The van der Waals surface area contributed by atoms with Gasteiger partial charge in [0.2, 0.25) is 0 Å². The van der Waals surface area contributed by atoms with E-state index in [0.717, 1.165) is 0 Å². The lowest BCUT2D eigenvalue weighted by molar-refractivity contribution is 0.0286. The van der Waals surface area contributed by atoms with E-state index in [1.807, 2.05) is 6.92 Å². The van der Waals surface area contributed by atoms with Crippen molar-refractivity contribution in [1.29, 1.82) is 0 Å². The molecule has 11 heavy (non-hydrogen) atoms. The van der Waals surface area contributed by atoms with Crippen molar-refractivity contribution in [2.24, 2.45) is 0 Å². The molecule has 3 nitrogen and oxygen atoms in total. The zero-order valence-corrected chi connectivity index (χ0v) is 7.29. The Labute approximate surface area is 68.0 Å². The van der Waals surface area contributed by atoms with Crippen LogP contribution < -0.4 is 0 Å². The summed E-state index contributed by atoms with van der Waals surface area (Å²) in [5.41, 5.74) is 0. The molecule has 0 bridgehead atoms. The summed E-state index contributed by atoms with van der Waals surface area (Å²) >= 11 is 0. The molecular formula is C8H18O3. The molecule has 0 aliphatic heterocycles. The lowest BCUT2D eigenvalue weighted by Gasteiger charge is -2.11. The van der Waals surface area contributed by atoms with Crippen molar-refractivity contribution >= 4 is 0 Å². The van der Waals surface area contributed by atoms with Gasteiger partial charge in [-0.3, -0.25) is 0 Å². The first-order valence-electron chi connectivity index (χ1n) is 4.07. The first-order chi connectivity index (χ1) is 5.16. The fourth-order valence-electron chi connectivity index (χ4n) is 0.705. The normalized spacial score (nSPS) is 16.4. The summed E-state index contributed by atoms with van der Waals surface area (Å²) in [6, 6.07) is 0. The van der Waals surface area contributed by atoms with Crippen LogP contribution in [0.2, 0.25) is 0 Å². The van der Waals surface area contributed by atoms with E-state index in [0.29, 0.717) is 19.4 Å². The van der Waals surface area contributed by atoms with Crippen LogP contribution in [0.5, 0.6) is 0 Å². The molecule has 2 atom stereocenters. The maximum Gasteiger partial charge on any atom is 0.0568 e. The second-order valence-electron chi connectivity index (χ2n) is 2.83. The van der Waals surface area contributed by atoms with E-state index in [4.69, 9.17) is 14.9 Å². The van der Waals surface area contributed by atoms with Gasteiger partial charge in [0.1, 0.15) is 0 Å². The molecule has 0 saturated heterocycles. The second kappa shape index (κ2) is 6.58. The molecule has 3 heteroatoms. The molecule has 68 valence electrons. The van der Waals surface area contributed by atoms with Crippen LogP contribution >= 0.6 is 0 Å². The van der Waals surface area contributed by atoms with Gasteiger partial charge < -0.3 is 14.9 Å². The van der Waals surface area contributed by atoms with E-state index >= 15 is 0 Å². The molecule has 0 heterocycles. The van der Waals surface area contributed by atoms with Gasteiger partial charge in [-0.15, -0.1) is 0 Å². The van der Waals surface area contributed by atoms with E-state index in [2.05, 4.69) is 0 Å². The van der Waals surface area contributed by atoms with Crippen LogP contribution in [0.25, 0.3) is 0 Å². The summed E-state index contributed by atoms with van der Waals surface area (Å²) in [4.78, 5) is 0. The largest absolute Gasteiger partial charge is 0.396 e. The van der Waals surface area contributed by atoms with Gasteiger partial charge in [-0.05, 0) is 26.7 Å². The fraction of sp³-hybridized carbons (Fsp3) is 1.00. The Hall–Kier alpha value is -0.120. The highest BCUT2D eigenvalue weighted by Gasteiger charge is 2.01. The Bertz CT molecular complexity index is 83.4. The third kappa shape index (κ3) is 7.78. The summed E-state index contributed by atoms with van der Waals surface area (Å²) in [6.07, 6.45) is 1.13. The van der Waals surface area contributed by atoms with Gasteiger partial charge in [-0.25, -0.2) is 0 Å². The average Bonchev–Trinajstić information content (AvgIpc) is 1.87. The van der Waals surface area contributed by atoms with Crippen molar-refractivity contribution in [3.63, 3.8) is 0 Å². The predicted molar refractivity (Wildman–Crippen MR) is 43.4 cm³/mol. The molecule has 0 aliphatic carbocycles. The first kappa shape index (κ1) is 10.9. The van der Waals surface area contributed by atoms with Crippen molar-refractivity contribution in [2.75, 3.05) is 13.2 Å². The van der Waals surface area contributed by atoms with Gasteiger partial charge in [0.15, 0.2) is 0 Å². The third-order valence-corrected chi connectivity index (χ3v) is 1.47. The van der Waals surface area contributed by atoms with Crippen molar-refractivity contribution in [1.82, 2.24) is 0 Å². The highest BCUT2D eigenvalue weighted by atomic mass is 16.5. The van der Waals surface area contributed by atoms with Crippen LogP contribution in [-0.4, -0.2) is 35.6 Å². The van der Waals surface area contributed by atoms with Gasteiger partial charge in [-0.1, -0.05) is 0 Å². The molecule has 0 rings (SSSR count). The SMILES string of the molecule is C[C@H](O)CCO[C@@H](C)CCO. The van der Waals surface area contributed by atoms with Crippen LogP contribution in [0, 0.1) is 0 Å². The Morgan fingerprint density at radius 1 is 1.27 bits per heavy atom. The molecular weight excluding hydrogens is 144 g/mol. The maximum absolute atomic E-state index is 8.87. The lowest BCUT2D eigenvalue weighted by atomic mass is 10.3. The molecule has 0 amide bonds. The van der Waals surface area contributed by atoms with Crippen LogP contribution in [0.3, 0.4) is 0 Å². The minimum Gasteiger partial charge on any atom is -0.396 e. The van der Waals surface area contributed by atoms with Gasteiger partial charge in [-0.2, -0.15) is 0 Å². The number of aliphatic hydroxyl groups is 2. The molecule has 0 saturated carbocycles. The van der Waals surface area contributed by atoms with Gasteiger partial charge in [0.25, 0.3) is 0 Å². The molecule has 0 radical (unpaired) electrons. The van der Waals surface area contributed by atoms with E-state index in [1.165, 1.54) is 0 Å². The molecule has 0 aliphatic rings. The number of rotatable bonds is 6. The smallest absolute Gasteiger partial charge is 0.0568 e. The van der Waals surface area contributed by atoms with E-state index in [1.54, 1.807) is 6.92 Å². The number of hydrogen-bond acceptors (Lipinski definition) is 3. The maximum atomic E-state index is 8.87. The summed E-state index contributed by atoms with van der Waals surface area (Å²) in [5, 5.41) is 17.4. The van der Waals surface area contributed by atoms with E-state index in [-0.39, 0.29) is 18.8 Å². The zero-order chi connectivity index (χ0) is 8.69. The number of aliphatic hydroxyl groups excluding tert-OH is 2. The van der Waals surface area contributed by atoms with Crippen LogP contribution in [0.15, 0.2) is 0 Å². The van der Waals surface area contributed by atoms with Crippen LogP contribution in [-0.2, 0) is 4.74 Å². The summed E-state index contributed by atoms with van der Waals surface area (Å²) in [5.74, 6) is 0. The van der Waals surface area contributed by atoms with Crippen LogP contribution in [0.1, 0.15) is 26.7 Å². The minimum absolute atomic E-state index is 0.0961. The average molecular weight is 162 g/mol. The van der Waals surface area contributed by atoms with Crippen molar-refractivity contribution in [3.8, 4) is 0 Å². The topological polar surface area (TPSA) is 49.7 Å². The number of ether oxygens (including phenoxy) is 1. The summed E-state index contributed by atoms with van der Waals surface area (Å²) in [6.45, 7) is 4.38. The first-order valence-corrected chi connectivity index (χ1v) is 4.07. The Balaban J connectivity index is 3.10. The Kier molecular flexibility index (Phi) is 6.51. The molecule has 0 aromatic carbocycles. The molecule has 0 spiro atoms. The monoisotopic (exact) mass is 162 g/mol. The van der Waals surface area contributed by atoms with E-state index < -0.39 is 0 Å². The fourth-order valence-corrected chi connectivity index (χ4v) is 0.705. The van der Waals surface area contributed by atoms with Gasteiger partial charge >= 0.3 is 0 Å². The van der Waals surface area contributed by atoms with Gasteiger partial charge in [0, 0.05) is 13.2 Å². The Morgan fingerprint density at radius 2 is 1.91 bits per heavy atom. The summed E-state index contributed by atoms with van der Waals surface area (Å²) in [7, 11) is 0. The van der Waals surface area contributed by atoms with Crippen molar-refractivity contribution in [2.45, 2.75) is 38.9 Å². The van der Waals surface area contributed by atoms with E-state index in [9.17, 15) is 0 Å². The molecule has 0 fully saturated rings. The third-order valence-electron chi connectivity index (χ3n) is 1.47. The molecule has 0 aromatic rings. The second-order valence-corrected chi connectivity index (χ2v) is 2.83. The molecule has 2 N–H and O–H groups in total. The molecule has 0 aromatic heterocycles. The van der Waals surface area contributed by atoms with Crippen molar-refractivity contribution < 1.29 is 14.9 Å². The molecule has 0 unspecified atom stereocenters. The highest BCUT2D eigenvalue weighted by molar-refractivity contribution is 4.50. The Morgan fingerprint density at radius 3 is 2.36 bits per heavy atom. The lowest BCUT2D eigenvalue weighted by Crippen LogP contribution is -2.13. The zero-order valence-electron chi connectivity index (χ0n) is 7.29. The van der Waals surface area contributed by atoms with Crippen molar-refractivity contribution in [3.05, 3.63) is 0 Å². The number of hydrogen-bond donors (Lipinski definition) is 2. The van der Waals surface area contributed by atoms with Crippen LogP contribution in [0.4, 0.5) is 0 Å². The van der Waals surface area contributed by atoms with Gasteiger partial charge in [0.05, 0.1) is 12.2 Å². The quantitative estimate of drug-likeness (QED) is 0.599. The minimum atomic E-state index is -0.295.